The molecule has 1 heterocycles. The maximum atomic E-state index is 11.5. The lowest BCUT2D eigenvalue weighted by atomic mass is 10.1. The Kier molecular flexibility index (Phi) is 4.59. The van der Waals surface area contributed by atoms with Crippen LogP contribution in [0.4, 0.5) is 5.69 Å². The Morgan fingerprint density at radius 1 is 1.53 bits per heavy atom. The van der Waals surface area contributed by atoms with Gasteiger partial charge < -0.3 is 16.2 Å². The molecule has 1 unspecified atom stereocenters. The van der Waals surface area contributed by atoms with Crippen molar-refractivity contribution in [1.82, 2.24) is 4.98 Å². The predicted molar refractivity (Wildman–Crippen MR) is 62.7 cm³/mol. The molecule has 1 amide bonds. The molecule has 0 aromatic carbocycles. The summed E-state index contributed by atoms with van der Waals surface area (Å²) in [7, 11) is 0. The van der Waals surface area contributed by atoms with Crippen molar-refractivity contribution in [1.29, 1.82) is 0 Å². The predicted octanol–water partition coefficient (Wildman–Crippen LogP) is 0.703. The number of carboxylic acid groups (broad SMARTS) is 1. The molecule has 1 aromatic rings. The van der Waals surface area contributed by atoms with E-state index in [1.54, 1.807) is 0 Å². The van der Waals surface area contributed by atoms with Crippen LogP contribution in [0.2, 0.25) is 0 Å². The molecule has 0 saturated carbocycles. The van der Waals surface area contributed by atoms with E-state index in [4.69, 9.17) is 10.8 Å². The van der Waals surface area contributed by atoms with E-state index in [1.807, 2.05) is 6.92 Å². The molecular formula is C11H15N3O3. The zero-order valence-corrected chi connectivity index (χ0v) is 9.51. The summed E-state index contributed by atoms with van der Waals surface area (Å²) in [6.07, 6.45) is 2.92. The van der Waals surface area contributed by atoms with Gasteiger partial charge in [-0.05, 0) is 18.5 Å². The number of carbonyl (C=O) groups is 2. The maximum Gasteiger partial charge on any atom is 0.337 e. The molecule has 1 atom stereocenters. The van der Waals surface area contributed by atoms with Gasteiger partial charge in [0, 0.05) is 12.6 Å². The van der Waals surface area contributed by atoms with Crippen molar-refractivity contribution in [2.45, 2.75) is 13.3 Å². The van der Waals surface area contributed by atoms with Gasteiger partial charge in [-0.25, -0.2) is 4.79 Å². The number of carbonyl (C=O) groups excluding carboxylic acids is 1. The number of nitrogens with zero attached hydrogens (tertiary/aromatic N) is 1. The van der Waals surface area contributed by atoms with Gasteiger partial charge in [-0.15, -0.1) is 0 Å². The van der Waals surface area contributed by atoms with Gasteiger partial charge in [-0.3, -0.25) is 9.78 Å². The van der Waals surface area contributed by atoms with Crippen LogP contribution in [-0.2, 0) is 4.79 Å². The number of hydrogen-bond donors (Lipinski definition) is 3. The number of nitrogens with one attached hydrogen (secondary N) is 1. The van der Waals surface area contributed by atoms with E-state index in [1.165, 1.54) is 18.5 Å². The van der Waals surface area contributed by atoms with Gasteiger partial charge in [-0.2, -0.15) is 0 Å². The van der Waals surface area contributed by atoms with Gasteiger partial charge in [0.25, 0.3) is 0 Å². The van der Waals surface area contributed by atoms with Crippen LogP contribution in [0.25, 0.3) is 0 Å². The van der Waals surface area contributed by atoms with Crippen molar-refractivity contribution in [2.75, 3.05) is 11.9 Å². The summed E-state index contributed by atoms with van der Waals surface area (Å²) in [4.78, 5) is 26.0. The number of rotatable bonds is 5. The third-order valence-electron chi connectivity index (χ3n) is 2.21. The van der Waals surface area contributed by atoms with E-state index in [2.05, 4.69) is 10.3 Å². The minimum atomic E-state index is -1.08. The van der Waals surface area contributed by atoms with Gasteiger partial charge in [0.05, 0.1) is 17.4 Å². The van der Waals surface area contributed by atoms with E-state index in [0.29, 0.717) is 18.7 Å². The summed E-state index contributed by atoms with van der Waals surface area (Å²) in [6, 6.07) is 1.36. The summed E-state index contributed by atoms with van der Waals surface area (Å²) in [6.45, 7) is 2.30. The fourth-order valence-corrected chi connectivity index (χ4v) is 1.24. The molecule has 1 aromatic heterocycles. The molecule has 17 heavy (non-hydrogen) atoms. The standard InChI is InChI=1S/C11H15N3O3/c1-7(4-12)2-10(15)14-9-3-8(11(16)17)5-13-6-9/h3,5-7H,2,4,12H2,1H3,(H,14,15)(H,16,17). The van der Waals surface area contributed by atoms with Crippen LogP contribution >= 0.6 is 0 Å². The van der Waals surface area contributed by atoms with Crippen molar-refractivity contribution in [3.8, 4) is 0 Å². The highest BCUT2D eigenvalue weighted by Gasteiger charge is 2.09. The number of carboxylic acids is 1. The Bertz CT molecular complexity index is 420. The summed E-state index contributed by atoms with van der Waals surface area (Å²) in [5.74, 6) is -1.19. The zero-order valence-electron chi connectivity index (χ0n) is 9.51. The fourth-order valence-electron chi connectivity index (χ4n) is 1.24. The molecule has 0 radical (unpaired) electrons. The minimum absolute atomic E-state index is 0.0367. The summed E-state index contributed by atoms with van der Waals surface area (Å²) in [5.41, 5.74) is 5.82. The Labute approximate surface area is 98.8 Å². The Hall–Kier alpha value is -1.95. The topological polar surface area (TPSA) is 105 Å². The summed E-state index contributed by atoms with van der Waals surface area (Å²) >= 11 is 0. The number of anilines is 1. The lowest BCUT2D eigenvalue weighted by Crippen LogP contribution is -2.20. The molecule has 0 spiro atoms. The van der Waals surface area contributed by atoms with Gasteiger partial charge in [-0.1, -0.05) is 6.92 Å². The van der Waals surface area contributed by atoms with Crippen LogP contribution in [0.3, 0.4) is 0 Å². The Morgan fingerprint density at radius 3 is 2.82 bits per heavy atom. The van der Waals surface area contributed by atoms with E-state index in [0.717, 1.165) is 0 Å². The first-order valence-electron chi connectivity index (χ1n) is 5.21. The molecule has 1 rings (SSSR count). The third kappa shape index (κ3) is 4.20. The highest BCUT2D eigenvalue weighted by molar-refractivity contribution is 5.93. The van der Waals surface area contributed by atoms with E-state index in [-0.39, 0.29) is 17.4 Å². The normalized spacial score (nSPS) is 11.9. The summed E-state index contributed by atoms with van der Waals surface area (Å²) < 4.78 is 0. The van der Waals surface area contributed by atoms with Crippen molar-refractivity contribution < 1.29 is 14.7 Å². The summed E-state index contributed by atoms with van der Waals surface area (Å²) in [5, 5.41) is 11.3. The molecule has 6 nitrogen and oxygen atoms in total. The van der Waals surface area contributed by atoms with Gasteiger partial charge in [0.1, 0.15) is 0 Å². The van der Waals surface area contributed by atoms with Crippen molar-refractivity contribution in [3.05, 3.63) is 24.0 Å². The van der Waals surface area contributed by atoms with Crippen LogP contribution < -0.4 is 11.1 Å². The van der Waals surface area contributed by atoms with Gasteiger partial charge in [0.15, 0.2) is 0 Å². The van der Waals surface area contributed by atoms with Crippen LogP contribution in [0.1, 0.15) is 23.7 Å². The lowest BCUT2D eigenvalue weighted by molar-refractivity contribution is -0.116. The van der Waals surface area contributed by atoms with Crippen molar-refractivity contribution in [2.24, 2.45) is 11.7 Å². The monoisotopic (exact) mass is 237 g/mol. The number of nitrogens with two attached hydrogens (primary N) is 1. The van der Waals surface area contributed by atoms with E-state index < -0.39 is 5.97 Å². The highest BCUT2D eigenvalue weighted by atomic mass is 16.4. The lowest BCUT2D eigenvalue weighted by Gasteiger charge is -2.09. The highest BCUT2D eigenvalue weighted by Crippen LogP contribution is 2.10. The second-order valence-electron chi connectivity index (χ2n) is 3.86. The van der Waals surface area contributed by atoms with E-state index >= 15 is 0 Å². The van der Waals surface area contributed by atoms with Crippen LogP contribution in [0.5, 0.6) is 0 Å². The molecular weight excluding hydrogens is 222 g/mol. The number of hydrogen-bond acceptors (Lipinski definition) is 4. The first-order chi connectivity index (χ1) is 8.02. The molecule has 92 valence electrons. The minimum Gasteiger partial charge on any atom is -0.478 e. The molecule has 0 bridgehead atoms. The second kappa shape index (κ2) is 5.95. The maximum absolute atomic E-state index is 11.5. The average molecular weight is 237 g/mol. The second-order valence-corrected chi connectivity index (χ2v) is 3.86. The Morgan fingerprint density at radius 2 is 2.24 bits per heavy atom. The fraction of sp³-hybridized carbons (Fsp3) is 0.364. The van der Waals surface area contributed by atoms with Crippen LogP contribution in [0.15, 0.2) is 18.5 Å². The number of aromatic carboxylic acids is 1. The molecule has 0 aliphatic rings. The quantitative estimate of drug-likeness (QED) is 0.699. The number of pyridine rings is 1. The number of amides is 1. The molecule has 4 N–H and O–H groups in total. The van der Waals surface area contributed by atoms with Gasteiger partial charge in [0.2, 0.25) is 5.91 Å². The zero-order chi connectivity index (χ0) is 12.8. The first-order valence-corrected chi connectivity index (χ1v) is 5.21. The van der Waals surface area contributed by atoms with Crippen LogP contribution in [0, 0.1) is 5.92 Å². The first kappa shape index (κ1) is 13.1. The molecule has 0 aliphatic heterocycles. The molecule has 6 heteroatoms. The SMILES string of the molecule is CC(CN)CC(=O)Nc1cncc(C(=O)O)c1. The van der Waals surface area contributed by atoms with Crippen molar-refractivity contribution >= 4 is 17.6 Å². The smallest absolute Gasteiger partial charge is 0.337 e. The van der Waals surface area contributed by atoms with E-state index in [9.17, 15) is 9.59 Å². The molecule has 0 fully saturated rings. The molecule has 0 saturated heterocycles. The van der Waals surface area contributed by atoms with Crippen molar-refractivity contribution in [3.63, 3.8) is 0 Å². The number of aromatic nitrogens is 1. The van der Waals surface area contributed by atoms with Crippen LogP contribution in [-0.4, -0.2) is 28.5 Å². The largest absolute Gasteiger partial charge is 0.478 e. The van der Waals surface area contributed by atoms with Gasteiger partial charge >= 0.3 is 5.97 Å². The third-order valence-corrected chi connectivity index (χ3v) is 2.21. The average Bonchev–Trinajstić information content (AvgIpc) is 2.28. The Balaban J connectivity index is 2.65. The molecule has 0 aliphatic carbocycles.